The van der Waals surface area contributed by atoms with Gasteiger partial charge in [-0.3, -0.25) is 9.36 Å². The van der Waals surface area contributed by atoms with Crippen LogP contribution in [0.15, 0.2) is 6.33 Å². The smallest absolute Gasteiger partial charge is 0.317 e. The molecular formula is C14H19FN6O5. The van der Waals surface area contributed by atoms with E-state index in [1.807, 2.05) is 0 Å². The van der Waals surface area contributed by atoms with Crippen molar-refractivity contribution >= 4 is 23.0 Å². The van der Waals surface area contributed by atoms with E-state index in [2.05, 4.69) is 20.4 Å². The van der Waals surface area contributed by atoms with E-state index in [1.54, 1.807) is 6.92 Å². The molecule has 0 amide bonds. The molecule has 11 nitrogen and oxygen atoms in total. The maximum absolute atomic E-state index is 13.7. The van der Waals surface area contributed by atoms with Crippen LogP contribution in [0.25, 0.3) is 11.2 Å². The maximum Gasteiger partial charge on any atom is 0.317 e. The Bertz CT molecular complexity index is 832. The van der Waals surface area contributed by atoms with Gasteiger partial charge in [-0.25, -0.2) is 10.8 Å². The number of nitrogens with two attached hydrogens (primary N) is 1. The van der Waals surface area contributed by atoms with Gasteiger partial charge in [-0.15, -0.1) is 0 Å². The van der Waals surface area contributed by atoms with Crippen molar-refractivity contribution in [3.8, 4) is 0 Å². The number of nitrogen functional groups attached to an aromatic ring is 1. The van der Waals surface area contributed by atoms with Crippen molar-refractivity contribution in [3.05, 3.63) is 12.4 Å². The highest BCUT2D eigenvalue weighted by atomic mass is 19.1. The van der Waals surface area contributed by atoms with Gasteiger partial charge in [0.25, 0.3) is 0 Å². The standard InChI is InChI=1S/C14H19FN6O5/c1-3-25-12(24)14(2)6(4-22)26-11(8(14)23)21-5-17-7-9(20-16)18-13(15)19-10(7)21/h5-6,8,11,22-23H,3-4,16H2,1-2H3,(H,18,19,20)/t6-,8+,11-,14+/m1/s1. The van der Waals surface area contributed by atoms with Crippen LogP contribution in [0.3, 0.4) is 0 Å². The van der Waals surface area contributed by atoms with Crippen molar-refractivity contribution < 1.29 is 28.9 Å². The summed E-state index contributed by atoms with van der Waals surface area (Å²) in [6.45, 7) is 2.62. The summed E-state index contributed by atoms with van der Waals surface area (Å²) in [6.07, 6.45) is -3.43. The number of esters is 1. The number of nitrogens with one attached hydrogen (secondary N) is 1. The molecule has 0 aliphatic carbocycles. The number of carbonyl (C=O) groups is 1. The predicted molar refractivity (Wildman–Crippen MR) is 84.8 cm³/mol. The number of hydrazine groups is 1. The number of ether oxygens (including phenoxy) is 2. The zero-order valence-electron chi connectivity index (χ0n) is 14.1. The minimum Gasteiger partial charge on any atom is -0.465 e. The van der Waals surface area contributed by atoms with Crippen LogP contribution < -0.4 is 11.3 Å². The zero-order chi connectivity index (χ0) is 19.1. The number of aliphatic hydroxyl groups excluding tert-OH is 2. The van der Waals surface area contributed by atoms with Crippen molar-refractivity contribution in [1.82, 2.24) is 19.5 Å². The van der Waals surface area contributed by atoms with Gasteiger partial charge in [0, 0.05) is 0 Å². The fourth-order valence-corrected chi connectivity index (χ4v) is 3.04. The van der Waals surface area contributed by atoms with Crippen LogP contribution in [0.4, 0.5) is 10.2 Å². The monoisotopic (exact) mass is 370 g/mol. The molecule has 0 saturated carbocycles. The Morgan fingerprint density at radius 3 is 2.92 bits per heavy atom. The van der Waals surface area contributed by atoms with Crippen molar-refractivity contribution in [2.24, 2.45) is 11.3 Å². The minimum absolute atomic E-state index is 0.000649. The first-order valence-corrected chi connectivity index (χ1v) is 7.86. The summed E-state index contributed by atoms with van der Waals surface area (Å²) in [5, 5.41) is 20.4. The quantitative estimate of drug-likeness (QED) is 0.224. The Morgan fingerprint density at radius 1 is 1.58 bits per heavy atom. The molecule has 5 N–H and O–H groups in total. The van der Waals surface area contributed by atoms with E-state index in [4.69, 9.17) is 15.3 Å². The molecule has 1 aliphatic rings. The number of imidazole rings is 1. The number of carbonyl (C=O) groups excluding carboxylic acids is 1. The lowest BCUT2D eigenvalue weighted by atomic mass is 9.80. The summed E-state index contributed by atoms with van der Waals surface area (Å²) < 4.78 is 25.6. The summed E-state index contributed by atoms with van der Waals surface area (Å²) in [6, 6.07) is 0. The van der Waals surface area contributed by atoms with Crippen LogP contribution >= 0.6 is 0 Å². The van der Waals surface area contributed by atoms with E-state index in [0.29, 0.717) is 0 Å². The molecular weight excluding hydrogens is 351 g/mol. The highest BCUT2D eigenvalue weighted by Gasteiger charge is 2.59. The summed E-state index contributed by atoms with van der Waals surface area (Å²) in [5.41, 5.74) is 0.825. The average molecular weight is 370 g/mol. The van der Waals surface area contributed by atoms with E-state index < -0.39 is 42.5 Å². The number of fused-ring (bicyclic) bond motifs is 1. The van der Waals surface area contributed by atoms with Crippen LogP contribution in [0.1, 0.15) is 20.1 Å². The molecule has 2 aromatic heterocycles. The molecule has 0 bridgehead atoms. The Labute approximate surface area is 146 Å². The first-order chi connectivity index (χ1) is 12.4. The Balaban J connectivity index is 2.07. The normalized spacial score (nSPS) is 28.5. The lowest BCUT2D eigenvalue weighted by molar-refractivity contribution is -0.163. The van der Waals surface area contributed by atoms with E-state index >= 15 is 0 Å². The molecule has 142 valence electrons. The highest BCUT2D eigenvalue weighted by molar-refractivity contribution is 5.83. The number of aliphatic hydroxyl groups is 2. The second kappa shape index (κ2) is 6.72. The third-order valence-electron chi connectivity index (χ3n) is 4.54. The molecule has 0 radical (unpaired) electrons. The number of aromatic nitrogens is 4. The largest absolute Gasteiger partial charge is 0.465 e. The first kappa shape index (κ1) is 18.4. The fraction of sp³-hybridized carbons (Fsp3) is 0.571. The van der Waals surface area contributed by atoms with Gasteiger partial charge < -0.3 is 25.1 Å². The SMILES string of the molecule is CCOC(=O)[C@@]1(C)[C@@H](CO)O[C@@H](n2cnc3c(NN)nc(F)nc32)[C@@H]1O. The van der Waals surface area contributed by atoms with Crippen LogP contribution in [0.5, 0.6) is 0 Å². The maximum atomic E-state index is 13.7. The van der Waals surface area contributed by atoms with Gasteiger partial charge in [0.1, 0.15) is 17.6 Å². The van der Waals surface area contributed by atoms with Crippen molar-refractivity contribution in [3.63, 3.8) is 0 Å². The molecule has 1 fully saturated rings. The lowest BCUT2D eigenvalue weighted by Crippen LogP contribution is -2.47. The van der Waals surface area contributed by atoms with Gasteiger partial charge in [0.05, 0.1) is 19.5 Å². The molecule has 1 aliphatic heterocycles. The second-order valence-electron chi connectivity index (χ2n) is 5.96. The van der Waals surface area contributed by atoms with Gasteiger partial charge >= 0.3 is 12.0 Å². The zero-order valence-corrected chi connectivity index (χ0v) is 14.1. The molecule has 26 heavy (non-hydrogen) atoms. The van der Waals surface area contributed by atoms with Crippen LogP contribution in [0, 0.1) is 11.5 Å². The van der Waals surface area contributed by atoms with E-state index in [1.165, 1.54) is 17.8 Å². The molecule has 1 saturated heterocycles. The summed E-state index contributed by atoms with van der Waals surface area (Å²) in [7, 11) is 0. The highest BCUT2D eigenvalue weighted by Crippen LogP contribution is 2.45. The molecule has 0 spiro atoms. The third-order valence-corrected chi connectivity index (χ3v) is 4.54. The number of nitrogens with zero attached hydrogens (tertiary/aromatic N) is 4. The van der Waals surface area contributed by atoms with Gasteiger partial charge in [-0.2, -0.15) is 14.4 Å². The molecule has 12 heteroatoms. The number of hydrogen-bond donors (Lipinski definition) is 4. The second-order valence-corrected chi connectivity index (χ2v) is 5.96. The predicted octanol–water partition coefficient (Wildman–Crippen LogP) is -0.929. The number of anilines is 1. The molecule has 0 unspecified atom stereocenters. The first-order valence-electron chi connectivity index (χ1n) is 7.86. The lowest BCUT2D eigenvalue weighted by Gasteiger charge is -2.28. The van der Waals surface area contributed by atoms with E-state index in [0.717, 1.165) is 0 Å². The summed E-state index contributed by atoms with van der Waals surface area (Å²) >= 11 is 0. The fourth-order valence-electron chi connectivity index (χ4n) is 3.04. The van der Waals surface area contributed by atoms with Crippen molar-refractivity contribution in [2.75, 3.05) is 18.6 Å². The summed E-state index contributed by atoms with van der Waals surface area (Å²) in [4.78, 5) is 23.6. The van der Waals surface area contributed by atoms with E-state index in [-0.39, 0.29) is 23.6 Å². The van der Waals surface area contributed by atoms with Crippen LogP contribution in [-0.4, -0.2) is 61.1 Å². The Kier molecular flexibility index (Phi) is 4.75. The minimum atomic E-state index is -1.54. The van der Waals surface area contributed by atoms with E-state index in [9.17, 15) is 19.4 Å². The van der Waals surface area contributed by atoms with Crippen LogP contribution in [-0.2, 0) is 14.3 Å². The van der Waals surface area contributed by atoms with Crippen molar-refractivity contribution in [2.45, 2.75) is 32.3 Å². The molecule has 3 heterocycles. The van der Waals surface area contributed by atoms with Crippen molar-refractivity contribution in [1.29, 1.82) is 0 Å². The number of rotatable bonds is 5. The molecule has 4 atom stereocenters. The van der Waals surface area contributed by atoms with Gasteiger partial charge in [-0.05, 0) is 13.8 Å². The topological polar surface area (TPSA) is 158 Å². The average Bonchev–Trinajstić information content (AvgIpc) is 3.14. The number of hydrogen-bond acceptors (Lipinski definition) is 10. The molecule has 2 aromatic rings. The van der Waals surface area contributed by atoms with Gasteiger partial charge in [0.15, 0.2) is 23.2 Å². The van der Waals surface area contributed by atoms with Gasteiger partial charge in [0.2, 0.25) is 0 Å². The van der Waals surface area contributed by atoms with Gasteiger partial charge in [-0.1, -0.05) is 0 Å². The molecule has 3 rings (SSSR count). The van der Waals surface area contributed by atoms with Crippen LogP contribution in [0.2, 0.25) is 0 Å². The Hall–Kier alpha value is -2.41. The molecule has 0 aromatic carbocycles. The number of halogens is 1. The Morgan fingerprint density at radius 2 is 2.31 bits per heavy atom. The summed E-state index contributed by atoms with van der Waals surface area (Å²) in [5.74, 6) is 4.53. The third kappa shape index (κ3) is 2.58.